The monoisotopic (exact) mass is 429 g/mol. The van der Waals surface area contributed by atoms with E-state index < -0.39 is 17.7 Å². The third kappa shape index (κ3) is 5.09. The molecule has 1 amide bonds. The second-order valence-electron chi connectivity index (χ2n) is 8.14. The van der Waals surface area contributed by atoms with E-state index in [0.717, 1.165) is 24.8 Å². The number of carboxylic acid groups (broad SMARTS) is 1. The summed E-state index contributed by atoms with van der Waals surface area (Å²) >= 11 is 0. The van der Waals surface area contributed by atoms with Crippen molar-refractivity contribution in [1.82, 2.24) is 4.90 Å². The fourth-order valence-corrected chi connectivity index (χ4v) is 4.20. The Morgan fingerprint density at radius 2 is 1.90 bits per heavy atom. The molecule has 7 nitrogen and oxygen atoms in total. The van der Waals surface area contributed by atoms with Crippen molar-refractivity contribution < 1.29 is 29.0 Å². The summed E-state index contributed by atoms with van der Waals surface area (Å²) in [7, 11) is 0. The molecule has 0 unspecified atom stereocenters. The van der Waals surface area contributed by atoms with Gasteiger partial charge in [-0.25, -0.2) is 4.79 Å². The molecule has 31 heavy (non-hydrogen) atoms. The summed E-state index contributed by atoms with van der Waals surface area (Å²) in [6, 6.07) is 9.13. The van der Waals surface area contributed by atoms with E-state index in [4.69, 9.17) is 9.47 Å². The molecule has 7 heteroatoms. The van der Waals surface area contributed by atoms with E-state index in [1.165, 1.54) is 30.2 Å². The largest absolute Gasteiger partial charge is 0.479 e. The van der Waals surface area contributed by atoms with E-state index in [-0.39, 0.29) is 37.1 Å². The summed E-state index contributed by atoms with van der Waals surface area (Å²) in [4.78, 5) is 37.9. The molecule has 2 saturated heterocycles. The van der Waals surface area contributed by atoms with Crippen molar-refractivity contribution in [3.63, 3.8) is 0 Å². The standard InChI is InChI=1S/C24H31NO6/c1-2-3-4-5-6-10-13-22(27)30-15-14-19-24(23(28)29,17-18-11-8-7-9-12-18)25-20(26)16-21(25)31-19/h7-9,11-12,14,21H,2-6,10,13,15-17H2,1H3,(H,28,29)/b19-14-/t21-,24-/m1/s1. The normalized spacial score (nSPS) is 23.3. The second kappa shape index (κ2) is 10.5. The number of carboxylic acids is 1. The number of unbranched alkanes of at least 4 members (excludes halogenated alkanes) is 5. The quantitative estimate of drug-likeness (QED) is 0.308. The van der Waals surface area contributed by atoms with Gasteiger partial charge in [0.1, 0.15) is 12.4 Å². The van der Waals surface area contributed by atoms with Gasteiger partial charge >= 0.3 is 11.9 Å². The number of nitrogens with zero attached hydrogens (tertiary/aromatic N) is 1. The van der Waals surface area contributed by atoms with Crippen LogP contribution < -0.4 is 0 Å². The summed E-state index contributed by atoms with van der Waals surface area (Å²) in [5.74, 6) is -1.57. The molecule has 0 aromatic heterocycles. The van der Waals surface area contributed by atoms with Crippen molar-refractivity contribution >= 4 is 17.8 Å². The molecule has 1 N–H and O–H groups in total. The summed E-state index contributed by atoms with van der Waals surface area (Å²) in [6.07, 6.45) is 7.97. The predicted octanol–water partition coefficient (Wildman–Crippen LogP) is 3.82. The van der Waals surface area contributed by atoms with E-state index in [0.29, 0.717) is 6.42 Å². The number of benzene rings is 1. The number of hydrogen-bond acceptors (Lipinski definition) is 5. The topological polar surface area (TPSA) is 93.1 Å². The number of ether oxygens (including phenoxy) is 2. The minimum atomic E-state index is -1.62. The zero-order chi connectivity index (χ0) is 22.3. The molecular weight excluding hydrogens is 398 g/mol. The van der Waals surface area contributed by atoms with E-state index in [9.17, 15) is 19.5 Å². The van der Waals surface area contributed by atoms with Crippen molar-refractivity contribution in [2.75, 3.05) is 6.61 Å². The molecule has 1 aromatic carbocycles. The summed E-state index contributed by atoms with van der Waals surface area (Å²) < 4.78 is 11.1. The molecule has 168 valence electrons. The van der Waals surface area contributed by atoms with Gasteiger partial charge in [0.2, 0.25) is 11.4 Å². The number of rotatable bonds is 12. The minimum absolute atomic E-state index is 0.0808. The van der Waals surface area contributed by atoms with Gasteiger partial charge < -0.3 is 14.6 Å². The van der Waals surface area contributed by atoms with Gasteiger partial charge in [-0.1, -0.05) is 69.4 Å². The van der Waals surface area contributed by atoms with Crippen molar-refractivity contribution in [2.24, 2.45) is 0 Å². The average Bonchev–Trinajstić information content (AvgIpc) is 2.99. The van der Waals surface area contributed by atoms with Crippen LogP contribution in [0.1, 0.15) is 63.9 Å². The lowest BCUT2D eigenvalue weighted by atomic mass is 9.85. The lowest BCUT2D eigenvalue weighted by molar-refractivity contribution is -0.170. The first-order valence-corrected chi connectivity index (χ1v) is 11.1. The molecule has 0 radical (unpaired) electrons. The number of amides is 1. The smallest absolute Gasteiger partial charge is 0.338 e. The van der Waals surface area contributed by atoms with Gasteiger partial charge in [-0.05, 0) is 18.1 Å². The van der Waals surface area contributed by atoms with Gasteiger partial charge in [0.25, 0.3) is 0 Å². The van der Waals surface area contributed by atoms with Crippen LogP contribution in [0.15, 0.2) is 42.2 Å². The highest BCUT2D eigenvalue weighted by Crippen LogP contribution is 2.46. The van der Waals surface area contributed by atoms with E-state index in [2.05, 4.69) is 6.92 Å². The molecule has 2 fully saturated rings. The van der Waals surface area contributed by atoms with Crippen LogP contribution in [0.25, 0.3) is 0 Å². The first-order valence-electron chi connectivity index (χ1n) is 11.1. The second-order valence-corrected chi connectivity index (χ2v) is 8.14. The Bertz CT molecular complexity index is 821. The maximum atomic E-state index is 12.4. The molecule has 0 bridgehead atoms. The third-order valence-electron chi connectivity index (χ3n) is 5.89. The molecule has 2 heterocycles. The van der Waals surface area contributed by atoms with Gasteiger partial charge in [-0.15, -0.1) is 0 Å². The molecule has 2 atom stereocenters. The van der Waals surface area contributed by atoms with Crippen molar-refractivity contribution in [3.8, 4) is 0 Å². The Balaban J connectivity index is 1.63. The van der Waals surface area contributed by atoms with E-state index >= 15 is 0 Å². The highest BCUT2D eigenvalue weighted by Gasteiger charge is 2.64. The van der Waals surface area contributed by atoms with Crippen LogP contribution in [0, 0.1) is 0 Å². The molecular formula is C24H31NO6. The Kier molecular flexibility index (Phi) is 7.71. The average molecular weight is 430 g/mol. The molecule has 2 aliphatic rings. The zero-order valence-electron chi connectivity index (χ0n) is 18.0. The van der Waals surface area contributed by atoms with Crippen LogP contribution in [-0.2, 0) is 30.3 Å². The molecule has 0 spiro atoms. The fraction of sp³-hybridized carbons (Fsp3) is 0.542. The van der Waals surface area contributed by atoms with Crippen LogP contribution in [0.5, 0.6) is 0 Å². The van der Waals surface area contributed by atoms with Gasteiger partial charge in [0.15, 0.2) is 6.23 Å². The number of esters is 1. The van der Waals surface area contributed by atoms with Gasteiger partial charge in [-0.3, -0.25) is 14.5 Å². The first-order chi connectivity index (χ1) is 15.0. The highest BCUT2D eigenvalue weighted by molar-refractivity contribution is 5.94. The lowest BCUT2D eigenvalue weighted by Gasteiger charge is -2.40. The number of fused-ring (bicyclic) bond motifs is 1. The Morgan fingerprint density at radius 3 is 2.58 bits per heavy atom. The first kappa shape index (κ1) is 22.8. The van der Waals surface area contributed by atoms with Crippen LogP contribution >= 0.6 is 0 Å². The lowest BCUT2D eigenvalue weighted by Crippen LogP contribution is -2.63. The fourth-order valence-electron chi connectivity index (χ4n) is 4.20. The molecule has 3 rings (SSSR count). The number of carbonyl (C=O) groups is 3. The van der Waals surface area contributed by atoms with Gasteiger partial charge in [0, 0.05) is 12.8 Å². The summed E-state index contributed by atoms with van der Waals surface area (Å²) in [6.45, 7) is 2.08. The Labute approximate surface area is 183 Å². The van der Waals surface area contributed by atoms with E-state index in [1.54, 1.807) is 0 Å². The van der Waals surface area contributed by atoms with E-state index in [1.807, 2.05) is 30.3 Å². The Morgan fingerprint density at radius 1 is 1.19 bits per heavy atom. The van der Waals surface area contributed by atoms with Crippen molar-refractivity contribution in [2.45, 2.75) is 76.5 Å². The molecule has 0 aliphatic carbocycles. The van der Waals surface area contributed by atoms with Crippen LogP contribution in [0.4, 0.5) is 0 Å². The SMILES string of the molecule is CCCCCCCCC(=O)OC/C=C1\O[C@@H]2CC(=O)N2[C@@]1(Cc1ccccc1)C(=O)O. The van der Waals surface area contributed by atoms with Gasteiger partial charge in [0.05, 0.1) is 6.42 Å². The van der Waals surface area contributed by atoms with Crippen molar-refractivity contribution in [1.29, 1.82) is 0 Å². The number of carbonyl (C=O) groups excluding carboxylic acids is 2. The molecule has 0 saturated carbocycles. The predicted molar refractivity (Wildman–Crippen MR) is 114 cm³/mol. The van der Waals surface area contributed by atoms with Crippen LogP contribution in [-0.4, -0.2) is 46.2 Å². The highest BCUT2D eigenvalue weighted by atomic mass is 16.5. The molecule has 1 aromatic rings. The molecule has 2 aliphatic heterocycles. The number of β-lactam (4-membered cyclic amide) rings is 1. The summed E-state index contributed by atoms with van der Waals surface area (Å²) in [5, 5.41) is 10.1. The van der Waals surface area contributed by atoms with Crippen LogP contribution in [0.2, 0.25) is 0 Å². The third-order valence-corrected chi connectivity index (χ3v) is 5.89. The number of hydrogen-bond donors (Lipinski definition) is 1. The van der Waals surface area contributed by atoms with Gasteiger partial charge in [-0.2, -0.15) is 0 Å². The zero-order valence-corrected chi connectivity index (χ0v) is 18.0. The maximum Gasteiger partial charge on any atom is 0.338 e. The van der Waals surface area contributed by atoms with Crippen molar-refractivity contribution in [3.05, 3.63) is 47.7 Å². The van der Waals surface area contributed by atoms with Crippen LogP contribution in [0.3, 0.4) is 0 Å². The summed E-state index contributed by atoms with van der Waals surface area (Å²) in [5.41, 5.74) is -0.840. The maximum absolute atomic E-state index is 12.4. The Hall–Kier alpha value is -2.83. The minimum Gasteiger partial charge on any atom is -0.479 e. The number of aliphatic carboxylic acids is 1.